The van der Waals surface area contributed by atoms with Crippen LogP contribution in [0.1, 0.15) is 50.5 Å². The van der Waals surface area contributed by atoms with E-state index >= 15 is 0 Å². The number of ether oxygens (including phenoxy) is 1. The molecule has 176 valence electrons. The normalized spacial score (nSPS) is 12.2. The molecule has 0 radical (unpaired) electrons. The van der Waals surface area contributed by atoms with Gasteiger partial charge in [-0.05, 0) is 61.2 Å². The van der Waals surface area contributed by atoms with Gasteiger partial charge in [-0.25, -0.2) is 4.68 Å². The largest absolute Gasteiger partial charge is 0.497 e. The molecular weight excluding hydrogens is 432 g/mol. The number of rotatable bonds is 7. The van der Waals surface area contributed by atoms with Gasteiger partial charge in [-0.15, -0.1) is 0 Å². The highest BCUT2D eigenvalue weighted by Crippen LogP contribution is 2.29. The van der Waals surface area contributed by atoms with Gasteiger partial charge in [-0.2, -0.15) is 5.10 Å². The van der Waals surface area contributed by atoms with Crippen LogP contribution >= 0.6 is 0 Å². The van der Waals surface area contributed by atoms with Crippen LogP contribution < -0.4 is 15.6 Å². The quantitative estimate of drug-likeness (QED) is 0.413. The fourth-order valence-corrected chi connectivity index (χ4v) is 3.92. The predicted molar refractivity (Wildman–Crippen MR) is 131 cm³/mol. The molecule has 8 nitrogen and oxygen atoms in total. The average Bonchev–Trinajstić information content (AvgIpc) is 3.23. The zero-order valence-electron chi connectivity index (χ0n) is 20.0. The molecule has 4 rings (SSSR count). The van der Waals surface area contributed by atoms with Crippen LogP contribution in [0, 0.1) is 6.92 Å². The van der Waals surface area contributed by atoms with Crippen molar-refractivity contribution in [2.45, 2.75) is 46.1 Å². The number of nitrogens with zero attached hydrogens (tertiary/aromatic N) is 3. The smallest absolute Gasteiger partial charge is 0.297 e. The maximum atomic E-state index is 13.3. The molecule has 0 bridgehead atoms. The van der Waals surface area contributed by atoms with Crippen molar-refractivity contribution in [1.29, 1.82) is 0 Å². The summed E-state index contributed by atoms with van der Waals surface area (Å²) in [7, 11) is 1.59. The van der Waals surface area contributed by atoms with E-state index in [1.165, 1.54) is 10.2 Å². The first-order valence-electron chi connectivity index (χ1n) is 11.3. The van der Waals surface area contributed by atoms with Crippen LogP contribution in [-0.4, -0.2) is 28.0 Å². The topological polar surface area (TPSA) is 99.2 Å². The number of amides is 1. The molecule has 0 aliphatic heterocycles. The molecule has 1 N–H and O–H groups in total. The summed E-state index contributed by atoms with van der Waals surface area (Å²) in [6.45, 7) is 7.80. The van der Waals surface area contributed by atoms with E-state index in [0.717, 1.165) is 5.56 Å². The van der Waals surface area contributed by atoms with Crippen LogP contribution in [0.15, 0.2) is 57.8 Å². The fraction of sp³-hybridized carbons (Fsp3) is 0.308. The molecule has 2 aromatic carbocycles. The van der Waals surface area contributed by atoms with Crippen LogP contribution in [0.3, 0.4) is 0 Å². The summed E-state index contributed by atoms with van der Waals surface area (Å²) >= 11 is 0. The molecule has 0 aliphatic carbocycles. The highest BCUT2D eigenvalue weighted by atomic mass is 16.5. The van der Waals surface area contributed by atoms with Crippen LogP contribution in [-0.2, 0) is 4.79 Å². The lowest BCUT2D eigenvalue weighted by Crippen LogP contribution is -2.35. The van der Waals surface area contributed by atoms with E-state index < -0.39 is 11.6 Å². The highest BCUT2D eigenvalue weighted by molar-refractivity contribution is 5.95. The number of carbonyl (C=O) groups is 1. The Labute approximate surface area is 197 Å². The number of aryl methyl sites for hydroxylation is 1. The lowest BCUT2D eigenvalue weighted by Gasteiger charge is -2.18. The molecular formula is C26H28N4O4. The summed E-state index contributed by atoms with van der Waals surface area (Å²) in [4.78, 5) is 26.5. The summed E-state index contributed by atoms with van der Waals surface area (Å²) in [5.41, 5.74) is 2.79. The first-order valence-corrected chi connectivity index (χ1v) is 11.3. The number of nitrogens with one attached hydrogen (secondary N) is 1. The predicted octanol–water partition coefficient (Wildman–Crippen LogP) is 5.08. The molecule has 34 heavy (non-hydrogen) atoms. The molecule has 0 unspecified atom stereocenters. The number of benzene rings is 2. The van der Waals surface area contributed by atoms with Gasteiger partial charge in [-0.1, -0.05) is 38.1 Å². The minimum absolute atomic E-state index is 0.144. The van der Waals surface area contributed by atoms with E-state index in [1.54, 1.807) is 14.0 Å². The summed E-state index contributed by atoms with van der Waals surface area (Å²) in [5, 5.41) is 12.1. The minimum Gasteiger partial charge on any atom is -0.497 e. The molecule has 0 fully saturated rings. The van der Waals surface area contributed by atoms with Crippen molar-refractivity contribution in [3.05, 3.63) is 70.2 Å². The van der Waals surface area contributed by atoms with E-state index in [4.69, 9.17) is 9.26 Å². The summed E-state index contributed by atoms with van der Waals surface area (Å²) in [5.74, 6) is 1.25. The van der Waals surface area contributed by atoms with Gasteiger partial charge in [0.05, 0.1) is 12.5 Å². The molecule has 0 aliphatic rings. The number of anilines is 1. The summed E-state index contributed by atoms with van der Waals surface area (Å²) in [6.07, 6.45) is 0.368. The fourth-order valence-electron chi connectivity index (χ4n) is 3.92. The third-order valence-corrected chi connectivity index (χ3v) is 5.91. The zero-order chi connectivity index (χ0) is 24.4. The van der Waals surface area contributed by atoms with E-state index in [-0.39, 0.29) is 11.4 Å². The average molecular weight is 461 g/mol. The van der Waals surface area contributed by atoms with Crippen molar-refractivity contribution in [3.63, 3.8) is 0 Å². The second-order valence-corrected chi connectivity index (χ2v) is 8.48. The first kappa shape index (κ1) is 23.2. The Morgan fingerprint density at radius 2 is 1.79 bits per heavy atom. The van der Waals surface area contributed by atoms with Crippen LogP contribution in [0.2, 0.25) is 0 Å². The Kier molecular flexibility index (Phi) is 6.49. The third-order valence-electron chi connectivity index (χ3n) is 5.91. The number of methoxy groups -OCH3 is 1. The van der Waals surface area contributed by atoms with E-state index in [2.05, 4.69) is 29.4 Å². The summed E-state index contributed by atoms with van der Waals surface area (Å²) < 4.78 is 11.8. The van der Waals surface area contributed by atoms with Gasteiger partial charge in [0.1, 0.15) is 23.2 Å². The Bertz CT molecular complexity index is 1370. The van der Waals surface area contributed by atoms with E-state index in [0.29, 0.717) is 40.6 Å². The Hall–Kier alpha value is -3.94. The zero-order valence-corrected chi connectivity index (χ0v) is 20.0. The molecule has 1 amide bonds. The second-order valence-electron chi connectivity index (χ2n) is 8.48. The maximum absolute atomic E-state index is 13.3. The Morgan fingerprint density at radius 3 is 2.38 bits per heavy atom. The standard InChI is InChI=1S/C26H28N4O4/c1-6-21(25(31)27-19-11-7-17(8-12-19)15(2)3)30-26(32)24-22(16(4)34-29-24)23(28-30)18-9-13-20(33-5)14-10-18/h7-15,21H,6H2,1-5H3,(H,27,31)/t21-/m0/s1. The van der Waals surface area contributed by atoms with Crippen molar-refractivity contribution < 1.29 is 14.1 Å². The molecule has 0 saturated heterocycles. The van der Waals surface area contributed by atoms with E-state index in [1.807, 2.05) is 55.5 Å². The highest BCUT2D eigenvalue weighted by Gasteiger charge is 2.26. The van der Waals surface area contributed by atoms with E-state index in [9.17, 15) is 9.59 Å². The molecule has 8 heteroatoms. The van der Waals surface area contributed by atoms with Gasteiger partial charge in [0.25, 0.3) is 5.56 Å². The maximum Gasteiger partial charge on any atom is 0.297 e. The lowest BCUT2D eigenvalue weighted by molar-refractivity contribution is -0.119. The van der Waals surface area contributed by atoms with Gasteiger partial charge >= 0.3 is 0 Å². The van der Waals surface area contributed by atoms with Crippen molar-refractivity contribution in [2.75, 3.05) is 12.4 Å². The van der Waals surface area contributed by atoms with Crippen LogP contribution in [0.4, 0.5) is 5.69 Å². The first-order chi connectivity index (χ1) is 16.3. The van der Waals surface area contributed by atoms with Gasteiger partial charge < -0.3 is 14.6 Å². The summed E-state index contributed by atoms with van der Waals surface area (Å²) in [6, 6.07) is 14.2. The number of fused-ring (bicyclic) bond motifs is 1. The lowest BCUT2D eigenvalue weighted by atomic mass is 10.0. The van der Waals surface area contributed by atoms with Gasteiger partial charge in [0.2, 0.25) is 5.91 Å². The molecule has 2 heterocycles. The van der Waals surface area contributed by atoms with Crippen molar-refractivity contribution in [3.8, 4) is 17.0 Å². The molecule has 1 atom stereocenters. The van der Waals surface area contributed by atoms with Crippen LogP contribution in [0.25, 0.3) is 22.2 Å². The SMILES string of the molecule is CC[C@@H](C(=O)Nc1ccc(C(C)C)cc1)n1nc(-c2ccc(OC)cc2)c2c(C)onc2c1=O. The van der Waals surface area contributed by atoms with Crippen molar-refractivity contribution in [1.82, 2.24) is 14.9 Å². The molecule has 4 aromatic rings. The molecule has 2 aromatic heterocycles. The Morgan fingerprint density at radius 1 is 1.12 bits per heavy atom. The molecule has 0 spiro atoms. The number of carbonyl (C=O) groups excluding carboxylic acids is 1. The van der Waals surface area contributed by atoms with Crippen LogP contribution in [0.5, 0.6) is 5.75 Å². The minimum atomic E-state index is -0.823. The van der Waals surface area contributed by atoms with Crippen molar-refractivity contribution in [2.24, 2.45) is 0 Å². The Balaban J connectivity index is 1.76. The third kappa shape index (κ3) is 4.31. The van der Waals surface area contributed by atoms with Gasteiger partial charge in [0, 0.05) is 11.3 Å². The monoisotopic (exact) mass is 460 g/mol. The van der Waals surface area contributed by atoms with Gasteiger partial charge in [0.15, 0.2) is 5.52 Å². The number of hydrogen-bond donors (Lipinski definition) is 1. The second kappa shape index (κ2) is 9.51. The number of hydrogen-bond acceptors (Lipinski definition) is 6. The van der Waals surface area contributed by atoms with Gasteiger partial charge in [-0.3, -0.25) is 9.59 Å². The molecule has 0 saturated carbocycles. The number of aromatic nitrogens is 3. The van der Waals surface area contributed by atoms with Crippen molar-refractivity contribution >= 4 is 22.5 Å².